The van der Waals surface area contributed by atoms with Crippen LogP contribution in [-0.4, -0.2) is 38.5 Å². The maximum atomic E-state index is 12.8. The lowest BCUT2D eigenvalue weighted by Crippen LogP contribution is -2.20. The number of imidazole rings is 1. The number of nitrogens with two attached hydrogens (primary N) is 1. The Bertz CT molecular complexity index is 1220. The molecule has 1 aliphatic carbocycles. The fraction of sp³-hybridized carbons (Fsp3) is 0.273. The fourth-order valence-electron chi connectivity index (χ4n) is 3.35. The Morgan fingerprint density at radius 2 is 1.97 bits per heavy atom. The summed E-state index contributed by atoms with van der Waals surface area (Å²) < 4.78 is 1.78. The van der Waals surface area contributed by atoms with E-state index in [-0.39, 0.29) is 17.5 Å². The average Bonchev–Trinajstić information content (AvgIpc) is 3.32. The van der Waals surface area contributed by atoms with E-state index in [1.54, 1.807) is 16.9 Å². The first-order valence-electron chi connectivity index (χ1n) is 9.93. The number of thioether (sulfide) groups is 1. The Kier molecular flexibility index (Phi) is 5.97. The standard InChI is InChI=1S/C22H23N5O2S2/c1-12(2)16-10-17(28)13(3)20(19(16)29)30-9-8-24-21-18(14-4-6-15(23)7-5-14)26-22-27(21)25-11-31-22/h4-7,10-12,24H,8-9,23H2,1-3H3. The van der Waals surface area contributed by atoms with E-state index in [1.165, 1.54) is 29.2 Å². The number of Topliss-reactive ketones (excluding diaryl/α,β-unsaturated/α-hetero) is 1. The third-order valence-corrected chi connectivity index (χ3v) is 6.92. The quantitative estimate of drug-likeness (QED) is 0.314. The summed E-state index contributed by atoms with van der Waals surface area (Å²) in [6, 6.07) is 7.55. The third-order valence-electron chi connectivity index (χ3n) is 5.06. The summed E-state index contributed by atoms with van der Waals surface area (Å²) in [5, 5.41) is 7.79. The van der Waals surface area contributed by atoms with Gasteiger partial charge in [0.2, 0.25) is 4.96 Å². The number of nitrogens with zero attached hydrogens (tertiary/aromatic N) is 3. The summed E-state index contributed by atoms with van der Waals surface area (Å²) in [4.78, 5) is 31.1. The fourth-order valence-corrected chi connectivity index (χ4v) is 4.94. The first kappa shape index (κ1) is 21.3. The van der Waals surface area contributed by atoms with Crippen molar-refractivity contribution in [3.05, 3.63) is 51.9 Å². The highest BCUT2D eigenvalue weighted by atomic mass is 32.2. The van der Waals surface area contributed by atoms with E-state index in [0.717, 1.165) is 22.0 Å². The molecule has 0 atom stereocenters. The highest BCUT2D eigenvalue weighted by molar-refractivity contribution is 8.04. The van der Waals surface area contributed by atoms with E-state index >= 15 is 0 Å². The molecule has 4 rings (SSSR count). The highest BCUT2D eigenvalue weighted by Gasteiger charge is 2.27. The van der Waals surface area contributed by atoms with Gasteiger partial charge in [0.1, 0.15) is 11.2 Å². The van der Waals surface area contributed by atoms with Crippen molar-refractivity contribution in [1.29, 1.82) is 0 Å². The Labute approximate surface area is 188 Å². The van der Waals surface area contributed by atoms with Crippen molar-refractivity contribution < 1.29 is 9.59 Å². The summed E-state index contributed by atoms with van der Waals surface area (Å²) in [6.45, 7) is 6.16. The van der Waals surface area contributed by atoms with Gasteiger partial charge in [0.25, 0.3) is 0 Å². The van der Waals surface area contributed by atoms with Gasteiger partial charge in [-0.05, 0) is 31.1 Å². The van der Waals surface area contributed by atoms with Crippen LogP contribution in [0.3, 0.4) is 0 Å². The van der Waals surface area contributed by atoms with Crippen molar-refractivity contribution in [3.63, 3.8) is 0 Å². The van der Waals surface area contributed by atoms with Crippen LogP contribution in [0.2, 0.25) is 0 Å². The SMILES string of the molecule is CC1=C(SCCNc2c(-c3ccc(N)cc3)nc3scnn23)C(=O)C(C(C)C)=CC1=O. The van der Waals surface area contributed by atoms with E-state index in [4.69, 9.17) is 10.7 Å². The molecule has 7 nitrogen and oxygen atoms in total. The molecule has 31 heavy (non-hydrogen) atoms. The van der Waals surface area contributed by atoms with Crippen LogP contribution in [0.5, 0.6) is 0 Å². The number of anilines is 2. The second-order valence-electron chi connectivity index (χ2n) is 7.54. The molecule has 0 bridgehead atoms. The number of benzene rings is 1. The average molecular weight is 454 g/mol. The van der Waals surface area contributed by atoms with Crippen LogP contribution in [0.25, 0.3) is 16.2 Å². The van der Waals surface area contributed by atoms with E-state index in [1.807, 2.05) is 38.1 Å². The molecule has 0 fully saturated rings. The lowest BCUT2D eigenvalue weighted by Gasteiger charge is -2.19. The highest BCUT2D eigenvalue weighted by Crippen LogP contribution is 2.33. The van der Waals surface area contributed by atoms with Crippen LogP contribution in [0.15, 0.2) is 51.9 Å². The molecule has 2 aromatic heterocycles. The van der Waals surface area contributed by atoms with Crippen molar-refractivity contribution in [2.45, 2.75) is 20.8 Å². The number of fused-ring (bicyclic) bond motifs is 1. The topological polar surface area (TPSA) is 102 Å². The molecule has 0 unspecified atom stereocenters. The minimum absolute atomic E-state index is 0.0190. The van der Waals surface area contributed by atoms with Crippen LogP contribution in [0.1, 0.15) is 20.8 Å². The van der Waals surface area contributed by atoms with Gasteiger partial charge in [0.15, 0.2) is 17.4 Å². The Morgan fingerprint density at radius 3 is 2.68 bits per heavy atom. The number of hydrogen-bond acceptors (Lipinski definition) is 8. The lowest BCUT2D eigenvalue weighted by atomic mass is 9.90. The molecular weight excluding hydrogens is 430 g/mol. The molecule has 0 spiro atoms. The van der Waals surface area contributed by atoms with Crippen LogP contribution in [0.4, 0.5) is 11.5 Å². The molecule has 3 aromatic rings. The van der Waals surface area contributed by atoms with Crippen molar-refractivity contribution in [1.82, 2.24) is 14.6 Å². The molecular formula is C22H23N5O2S2. The Balaban J connectivity index is 1.49. The smallest absolute Gasteiger partial charge is 0.214 e. The molecule has 1 aromatic carbocycles. The lowest BCUT2D eigenvalue weighted by molar-refractivity contribution is -0.115. The van der Waals surface area contributed by atoms with Gasteiger partial charge in [-0.25, -0.2) is 4.98 Å². The normalized spacial score (nSPS) is 14.6. The van der Waals surface area contributed by atoms with Gasteiger partial charge in [-0.2, -0.15) is 9.61 Å². The molecule has 160 valence electrons. The number of carbonyl (C=O) groups excluding carboxylic acids is 2. The van der Waals surface area contributed by atoms with Crippen molar-refractivity contribution >= 4 is 51.1 Å². The van der Waals surface area contributed by atoms with Crippen LogP contribution >= 0.6 is 23.1 Å². The summed E-state index contributed by atoms with van der Waals surface area (Å²) in [5.74, 6) is 1.32. The van der Waals surface area contributed by atoms with Crippen molar-refractivity contribution in [2.75, 3.05) is 23.3 Å². The zero-order chi connectivity index (χ0) is 22.1. The number of rotatable bonds is 7. The van der Waals surface area contributed by atoms with E-state index in [0.29, 0.717) is 34.0 Å². The molecule has 0 saturated carbocycles. The van der Waals surface area contributed by atoms with Gasteiger partial charge in [-0.1, -0.05) is 37.3 Å². The maximum Gasteiger partial charge on any atom is 0.214 e. The number of aromatic nitrogens is 3. The predicted molar refractivity (Wildman–Crippen MR) is 127 cm³/mol. The Morgan fingerprint density at radius 1 is 1.23 bits per heavy atom. The van der Waals surface area contributed by atoms with E-state index < -0.39 is 0 Å². The van der Waals surface area contributed by atoms with Gasteiger partial charge >= 0.3 is 0 Å². The number of hydrogen-bond donors (Lipinski definition) is 2. The van der Waals surface area contributed by atoms with Gasteiger partial charge in [-0.3, -0.25) is 9.59 Å². The Hall–Kier alpha value is -2.91. The second-order valence-corrected chi connectivity index (χ2v) is 9.46. The minimum atomic E-state index is -0.0793. The van der Waals surface area contributed by atoms with E-state index in [2.05, 4.69) is 10.4 Å². The number of allylic oxidation sites excluding steroid dienone is 4. The number of nitrogen functional groups attached to an aromatic ring is 1. The molecule has 0 radical (unpaired) electrons. The molecule has 9 heteroatoms. The number of carbonyl (C=O) groups is 2. The molecule has 0 saturated heterocycles. The molecule has 0 amide bonds. The number of nitrogens with one attached hydrogen (secondary N) is 1. The zero-order valence-corrected chi connectivity index (χ0v) is 19.1. The van der Waals surface area contributed by atoms with Crippen LogP contribution in [-0.2, 0) is 9.59 Å². The van der Waals surface area contributed by atoms with Crippen molar-refractivity contribution in [3.8, 4) is 11.3 Å². The van der Waals surface area contributed by atoms with Crippen LogP contribution < -0.4 is 11.1 Å². The molecule has 1 aliphatic rings. The van der Waals surface area contributed by atoms with Gasteiger partial charge in [0, 0.05) is 34.7 Å². The first-order chi connectivity index (χ1) is 14.9. The third kappa shape index (κ3) is 4.15. The maximum absolute atomic E-state index is 12.8. The van der Waals surface area contributed by atoms with Gasteiger partial charge in [-0.15, -0.1) is 11.8 Å². The second kappa shape index (κ2) is 8.68. The zero-order valence-electron chi connectivity index (χ0n) is 17.5. The van der Waals surface area contributed by atoms with Crippen molar-refractivity contribution in [2.24, 2.45) is 5.92 Å². The summed E-state index contributed by atoms with van der Waals surface area (Å²) in [6.07, 6.45) is 1.48. The predicted octanol–water partition coefficient (Wildman–Crippen LogP) is 4.19. The summed E-state index contributed by atoms with van der Waals surface area (Å²) in [5.41, 5.74) is 11.1. The molecule has 2 heterocycles. The number of ketones is 2. The minimum Gasteiger partial charge on any atom is -0.399 e. The molecule has 3 N–H and O–H groups in total. The largest absolute Gasteiger partial charge is 0.399 e. The van der Waals surface area contributed by atoms with Crippen LogP contribution in [0, 0.1) is 5.92 Å². The monoisotopic (exact) mass is 453 g/mol. The summed E-state index contributed by atoms with van der Waals surface area (Å²) in [7, 11) is 0. The van der Waals surface area contributed by atoms with E-state index in [9.17, 15) is 9.59 Å². The molecule has 0 aliphatic heterocycles. The van der Waals surface area contributed by atoms with Gasteiger partial charge < -0.3 is 11.1 Å². The first-order valence-corrected chi connectivity index (χ1v) is 11.8. The van der Waals surface area contributed by atoms with Gasteiger partial charge in [0.05, 0.1) is 4.91 Å². The summed E-state index contributed by atoms with van der Waals surface area (Å²) >= 11 is 2.87.